The lowest BCUT2D eigenvalue weighted by Gasteiger charge is -2.28. The number of rotatable bonds is 13. The minimum atomic E-state index is -1.37. The van der Waals surface area contributed by atoms with E-state index in [2.05, 4.69) is 47.8 Å². The zero-order valence-electron chi connectivity index (χ0n) is 45.2. The Morgan fingerprint density at radius 2 is 1.02 bits per heavy atom. The van der Waals surface area contributed by atoms with Gasteiger partial charge in [0.15, 0.2) is 0 Å². The van der Waals surface area contributed by atoms with E-state index in [9.17, 15) is 51.3 Å². The van der Waals surface area contributed by atoms with Gasteiger partial charge in [-0.05, 0) is 202 Å². The van der Waals surface area contributed by atoms with Crippen molar-refractivity contribution in [2.45, 2.75) is 99.8 Å². The third-order valence-corrected chi connectivity index (χ3v) is 15.8. The van der Waals surface area contributed by atoms with Gasteiger partial charge >= 0.3 is 5.97 Å². The first-order chi connectivity index (χ1) is 40.3. The number of hydrogen-bond donors (Lipinski definition) is 10. The monoisotopic (exact) mass is 1520 g/mol. The van der Waals surface area contributed by atoms with Crippen molar-refractivity contribution in [1.29, 1.82) is 0 Å². The molecule has 2 saturated carbocycles. The van der Waals surface area contributed by atoms with E-state index in [4.69, 9.17) is 32.5 Å². The van der Waals surface area contributed by atoms with E-state index in [0.29, 0.717) is 57.3 Å². The molecule has 2 aliphatic carbocycles. The molecule has 26 heteroatoms. The highest BCUT2D eigenvalue weighted by atomic mass is 127. The Morgan fingerprint density at radius 3 is 1.42 bits per heavy atom. The number of anilines is 2. The summed E-state index contributed by atoms with van der Waals surface area (Å²) in [6.07, 6.45) is 0.216. The van der Waals surface area contributed by atoms with E-state index in [1.165, 1.54) is 67.0 Å². The van der Waals surface area contributed by atoms with Crippen LogP contribution in [-0.2, 0) is 0 Å². The Hall–Kier alpha value is -5.74. The Balaban J connectivity index is 0.000000202. The van der Waals surface area contributed by atoms with Gasteiger partial charge in [-0.3, -0.25) is 4.79 Å². The molecule has 0 radical (unpaired) electrons. The summed E-state index contributed by atoms with van der Waals surface area (Å²) in [6, 6.07) is 19.4. The lowest BCUT2D eigenvalue weighted by Crippen LogP contribution is -2.31. The molecule has 0 spiro atoms. The van der Waals surface area contributed by atoms with Crippen molar-refractivity contribution in [1.82, 2.24) is 25.3 Å². The van der Waals surface area contributed by atoms with Gasteiger partial charge in [-0.2, -0.15) is 0 Å². The normalized spacial score (nSPS) is 19.3. The summed E-state index contributed by atoms with van der Waals surface area (Å²) in [6.45, 7) is 1.24. The number of amides is 1. The van der Waals surface area contributed by atoms with Gasteiger partial charge in [0.1, 0.15) is 64.5 Å². The van der Waals surface area contributed by atoms with Crippen LogP contribution in [0, 0.1) is 39.8 Å². The van der Waals surface area contributed by atoms with E-state index in [1.54, 1.807) is 12.1 Å². The fourth-order valence-corrected chi connectivity index (χ4v) is 11.1. The number of halogens is 10. The number of nitrogens with two attached hydrogens (primary N) is 3. The number of carbonyl (C=O) groups excluding carboxylic acids is 1. The van der Waals surface area contributed by atoms with E-state index in [-0.39, 0.29) is 89.6 Å². The predicted molar refractivity (Wildman–Crippen MR) is 330 cm³/mol. The van der Waals surface area contributed by atoms with Crippen LogP contribution < -0.4 is 22.5 Å². The van der Waals surface area contributed by atoms with Gasteiger partial charge in [-0.15, -0.1) is 0 Å². The molecule has 5 aromatic carbocycles. The quantitative estimate of drug-likeness (QED) is 0.0379. The summed E-state index contributed by atoms with van der Waals surface area (Å²) in [4.78, 5) is 40.7. The smallest absolute Gasteiger partial charge is 0.338 e. The first-order valence-corrected chi connectivity index (χ1v) is 29.5. The molecule has 13 N–H and O–H groups in total. The molecule has 0 unspecified atom stereocenters. The molecule has 16 nitrogen and oxygen atoms in total. The van der Waals surface area contributed by atoms with Gasteiger partial charge in [0.05, 0.1) is 72.4 Å². The number of nitrogen functional groups attached to an aromatic ring is 2. The van der Waals surface area contributed by atoms with Gasteiger partial charge in [0, 0.05) is 46.2 Å². The van der Waals surface area contributed by atoms with Crippen LogP contribution in [-0.4, -0.2) is 107 Å². The predicted octanol–water partition coefficient (Wildman–Crippen LogP) is 10.5. The van der Waals surface area contributed by atoms with Gasteiger partial charge in [-0.25, -0.2) is 55.5 Å². The maximum atomic E-state index is 15.0. The van der Waals surface area contributed by atoms with Crippen LogP contribution in [0.25, 0.3) is 22.5 Å². The largest absolute Gasteiger partial charge is 0.478 e. The Kier molecular flexibility index (Phi) is 25.6. The van der Waals surface area contributed by atoms with Crippen LogP contribution in [0.2, 0.25) is 0 Å². The fourth-order valence-electron chi connectivity index (χ4n) is 9.17. The average molecular weight is 1520 g/mol. The van der Waals surface area contributed by atoms with Gasteiger partial charge in [0.25, 0.3) is 5.91 Å². The lowest BCUT2D eigenvalue weighted by atomic mass is 9.84. The third-order valence-electron chi connectivity index (χ3n) is 13.9. The summed E-state index contributed by atoms with van der Waals surface area (Å²) in [7, 11) is 0. The minimum Gasteiger partial charge on any atom is -0.478 e. The highest BCUT2D eigenvalue weighted by Gasteiger charge is 2.33. The van der Waals surface area contributed by atoms with Crippen molar-refractivity contribution in [3.8, 4) is 22.5 Å². The van der Waals surface area contributed by atoms with Crippen molar-refractivity contribution in [2.75, 3.05) is 31.3 Å². The fraction of sp³-hybridized carbons (Fsp3) is 0.322. The molecule has 0 saturated heterocycles. The molecule has 7 aromatic rings. The maximum absolute atomic E-state index is 15.0. The number of carboxylic acid groups (broad SMARTS) is 1. The van der Waals surface area contributed by atoms with Crippen LogP contribution in [0.3, 0.4) is 0 Å². The lowest BCUT2D eigenvalue weighted by molar-refractivity contribution is 0.0363. The van der Waals surface area contributed by atoms with Crippen LogP contribution in [0.4, 0.5) is 42.4 Å². The van der Waals surface area contributed by atoms with Crippen LogP contribution >= 0.6 is 67.8 Å². The molecule has 9 atom stereocenters. The number of carboxylic acids is 1. The number of benzene rings is 5. The first-order valence-electron chi connectivity index (χ1n) is 26.3. The van der Waals surface area contributed by atoms with Crippen molar-refractivity contribution in [3.63, 3.8) is 0 Å². The third kappa shape index (κ3) is 19.1. The Morgan fingerprint density at radius 1 is 0.600 bits per heavy atom. The van der Waals surface area contributed by atoms with Crippen LogP contribution in [0.15, 0.2) is 103 Å². The molecule has 85 heavy (non-hydrogen) atoms. The van der Waals surface area contributed by atoms with Gasteiger partial charge in [-0.1, -0.05) is 19.1 Å². The summed E-state index contributed by atoms with van der Waals surface area (Å²) >= 11 is 5.98. The Bertz CT molecular complexity index is 3340. The molecule has 2 aliphatic rings. The number of carbonyl (C=O) groups is 2. The summed E-state index contributed by atoms with van der Waals surface area (Å²) < 4.78 is 98.3. The molecule has 2 fully saturated rings. The van der Waals surface area contributed by atoms with Crippen molar-refractivity contribution >= 4 is 91.3 Å². The van der Waals surface area contributed by atoms with E-state index >= 15 is 4.39 Å². The number of aliphatic hydroxyl groups is 5. The molecular formula is C59H60F7I3N8O8. The highest BCUT2D eigenvalue weighted by Crippen LogP contribution is 2.37. The molecule has 0 aliphatic heterocycles. The molecule has 1 amide bonds. The van der Waals surface area contributed by atoms with Crippen LogP contribution in [0.5, 0.6) is 0 Å². The number of nitrogens with zero attached hydrogens (tertiary/aromatic N) is 4. The van der Waals surface area contributed by atoms with Crippen molar-refractivity contribution < 1.29 is 71.0 Å². The van der Waals surface area contributed by atoms with Crippen LogP contribution in [0.1, 0.15) is 124 Å². The second-order valence-electron chi connectivity index (χ2n) is 20.1. The molecule has 2 aromatic heterocycles. The zero-order chi connectivity index (χ0) is 62.4. The average Bonchev–Trinajstić information content (AvgIpc) is 3.62. The summed E-state index contributed by atoms with van der Waals surface area (Å²) in [5.74, 6) is -5.35. The van der Waals surface area contributed by atoms with E-state index in [1.807, 2.05) is 58.2 Å². The standard InChI is InChI=1S/C25H24F3IN4O3.C17H17F2N3O3.C9H10FIO.C8H9FINO/c26-15-5-14(6-16(29)9-15)21(11-34)33-25(36)17-3-1-13(8-18(17)27)23-24(30)31-10-20(32-23)12-2-4-22(35)19(28)7-12;18-11-6-9(1-3-10(11)17(24)25)15-16(20)21-7-13(22-15)8-2-4-14(23)12(19)5-8;1-6(5-12)7-2-8(10)4-9(11)3-7;9-6-1-5(8(11)4-12)2-7(10)3-6/h1,3,5-6,8-10,12,19,21-22,34-35H,2,4,7,11H2,(H2,30,31)(H,33,36);1,3,6-8,12,14,23H,2,4-5H2,(H2,20,21)(H,24,25);2-4,6,12H,5H2,1H3;1-3,8,12H,4,11H2/t12-,19-,21+,22-;8-,12-,14-;6-;8-/m0011/s1. The summed E-state index contributed by atoms with van der Waals surface area (Å²) in [5.41, 5.74) is 20.4. The van der Waals surface area contributed by atoms with Crippen molar-refractivity contribution in [3.05, 3.63) is 182 Å². The second kappa shape index (κ2) is 31.8. The van der Waals surface area contributed by atoms with Gasteiger partial charge in [0.2, 0.25) is 0 Å². The van der Waals surface area contributed by atoms with Gasteiger partial charge < -0.3 is 53.2 Å². The topological polar surface area (TPSA) is 297 Å². The Labute approximate surface area is 525 Å². The molecular weight excluding hydrogens is 1460 g/mol. The molecule has 2 heterocycles. The molecule has 454 valence electrons. The van der Waals surface area contributed by atoms with E-state index in [0.717, 1.165) is 30.9 Å². The SMILES string of the molecule is C[C@H](CO)c1cc(F)cc(I)c1.N[C@H](CO)c1cc(F)cc(I)c1.Nc1ncc([C@H]2CC[C@H](O)[C@@H](F)C2)nc1-c1ccc(C(=O)N[C@H](CO)c2cc(F)cc(I)c2)c(F)c1.Nc1ncc([C@H]2CC[C@H](O)[C@@H](F)C2)nc1-c1ccc(C(=O)O)c(F)c1. The number of nitrogens with one attached hydrogen (secondary N) is 1. The van der Waals surface area contributed by atoms with E-state index < -0.39 is 78.1 Å². The molecule has 0 bridgehead atoms. The number of aliphatic hydroxyl groups excluding tert-OH is 5. The zero-order valence-corrected chi connectivity index (χ0v) is 51.6. The maximum Gasteiger partial charge on any atom is 0.338 e. The number of alkyl halides is 2. The number of hydrogen-bond acceptors (Lipinski definition) is 14. The number of aromatic nitrogens is 4. The summed E-state index contributed by atoms with van der Waals surface area (Å²) in [5, 5.41) is 57.8. The second-order valence-corrected chi connectivity index (χ2v) is 23.9. The first kappa shape index (κ1) is 68.4. The minimum absolute atomic E-state index is 0.00853. The highest BCUT2D eigenvalue weighted by molar-refractivity contribution is 14.1. The van der Waals surface area contributed by atoms with Crippen molar-refractivity contribution in [2.24, 2.45) is 5.73 Å². The number of aromatic carboxylic acids is 1. The molecule has 9 rings (SSSR count).